The van der Waals surface area contributed by atoms with Crippen LogP contribution in [0.25, 0.3) is 0 Å². The number of rotatable bonds is 44. The highest BCUT2D eigenvalue weighted by Crippen LogP contribution is 2.10. The van der Waals surface area contributed by atoms with Crippen molar-refractivity contribution < 1.29 is 52.1 Å². The Bertz CT molecular complexity index is 559. The molecule has 48 heavy (non-hydrogen) atoms. The molecule has 0 N–H and O–H groups in total. The molecular formula is C37H76O11. The van der Waals surface area contributed by atoms with Gasteiger partial charge in [0.1, 0.15) is 0 Å². The average molecular weight is 697 g/mol. The maximum absolute atomic E-state index is 5.65. The number of hydrogen-bond donors (Lipinski definition) is 0. The summed E-state index contributed by atoms with van der Waals surface area (Å²) in [7, 11) is 0. The fourth-order valence-electron chi connectivity index (χ4n) is 4.29. The van der Waals surface area contributed by atoms with Gasteiger partial charge in [-0.2, -0.15) is 0 Å². The van der Waals surface area contributed by atoms with Crippen LogP contribution in [-0.2, 0) is 52.1 Å². The molecule has 0 aromatic rings. The molecule has 0 radical (unpaired) electrons. The molecule has 1 unspecified atom stereocenters. The summed E-state index contributed by atoms with van der Waals surface area (Å²) < 4.78 is 60.7. The Kier molecular flexibility index (Phi) is 44.2. The van der Waals surface area contributed by atoms with E-state index in [-0.39, 0.29) is 0 Å². The Morgan fingerprint density at radius 1 is 0.271 bits per heavy atom. The Morgan fingerprint density at radius 3 is 0.771 bits per heavy atom. The van der Waals surface area contributed by atoms with Gasteiger partial charge in [0.15, 0.2) is 0 Å². The molecule has 0 heterocycles. The fraction of sp³-hybridized carbons (Fsp3) is 1.00. The van der Waals surface area contributed by atoms with E-state index >= 15 is 0 Å². The van der Waals surface area contributed by atoms with Crippen molar-refractivity contribution in [2.75, 3.05) is 145 Å². The first-order valence-electron chi connectivity index (χ1n) is 19.2. The molecule has 0 fully saturated rings. The molecule has 1 atom stereocenters. The highest BCUT2D eigenvalue weighted by atomic mass is 16.6. The molecule has 0 aromatic carbocycles. The predicted molar refractivity (Wildman–Crippen MR) is 190 cm³/mol. The van der Waals surface area contributed by atoms with Crippen molar-refractivity contribution in [2.24, 2.45) is 5.92 Å². The maximum atomic E-state index is 5.65. The Morgan fingerprint density at radius 2 is 0.500 bits per heavy atom. The molecule has 0 bridgehead atoms. The minimum Gasteiger partial charge on any atom is -0.379 e. The van der Waals surface area contributed by atoms with E-state index in [4.69, 9.17) is 52.1 Å². The Balaban J connectivity index is 3.05. The van der Waals surface area contributed by atoms with Crippen molar-refractivity contribution in [1.82, 2.24) is 0 Å². The van der Waals surface area contributed by atoms with E-state index in [1.54, 1.807) is 0 Å². The summed E-state index contributed by atoms with van der Waals surface area (Å²) in [5.74, 6) is 0.601. The van der Waals surface area contributed by atoms with E-state index in [2.05, 4.69) is 20.8 Å². The van der Waals surface area contributed by atoms with Crippen LogP contribution in [0, 0.1) is 5.92 Å². The summed E-state index contributed by atoms with van der Waals surface area (Å²) >= 11 is 0. The van der Waals surface area contributed by atoms with Gasteiger partial charge in [-0.05, 0) is 12.3 Å². The van der Waals surface area contributed by atoms with E-state index < -0.39 is 0 Å². The SMILES string of the molecule is CCCCCCCCCCCCOCCOCCOCCOCCOCCOCCOCCOCCOCCOCCOCC(C)CC. The molecule has 0 aromatic heterocycles. The van der Waals surface area contributed by atoms with Crippen molar-refractivity contribution in [3.63, 3.8) is 0 Å². The van der Waals surface area contributed by atoms with Gasteiger partial charge in [-0.15, -0.1) is 0 Å². The molecule has 0 aliphatic rings. The number of hydrogen-bond acceptors (Lipinski definition) is 11. The van der Waals surface area contributed by atoms with Crippen molar-refractivity contribution in [2.45, 2.75) is 91.4 Å². The highest BCUT2D eigenvalue weighted by Gasteiger charge is 1.99. The number of ether oxygens (including phenoxy) is 11. The van der Waals surface area contributed by atoms with Gasteiger partial charge < -0.3 is 52.1 Å². The lowest BCUT2D eigenvalue weighted by Gasteiger charge is -2.10. The van der Waals surface area contributed by atoms with Crippen LogP contribution in [-0.4, -0.2) is 145 Å². The second kappa shape index (κ2) is 44.6. The van der Waals surface area contributed by atoms with Gasteiger partial charge in [-0.1, -0.05) is 85.0 Å². The second-order valence-corrected chi connectivity index (χ2v) is 11.9. The highest BCUT2D eigenvalue weighted by molar-refractivity contribution is 4.48. The quantitative estimate of drug-likeness (QED) is 0.0688. The van der Waals surface area contributed by atoms with Gasteiger partial charge in [-0.25, -0.2) is 0 Å². The van der Waals surface area contributed by atoms with Crippen molar-refractivity contribution in [3.05, 3.63) is 0 Å². The summed E-state index contributed by atoms with van der Waals surface area (Å²) in [6.45, 7) is 19.4. The first-order chi connectivity index (χ1) is 23.8. The fourth-order valence-corrected chi connectivity index (χ4v) is 4.29. The van der Waals surface area contributed by atoms with Crippen molar-refractivity contribution in [1.29, 1.82) is 0 Å². The zero-order chi connectivity index (χ0) is 34.7. The van der Waals surface area contributed by atoms with E-state index in [1.165, 1.54) is 57.8 Å². The van der Waals surface area contributed by atoms with Crippen molar-refractivity contribution in [3.8, 4) is 0 Å². The zero-order valence-corrected chi connectivity index (χ0v) is 31.4. The van der Waals surface area contributed by atoms with E-state index in [9.17, 15) is 0 Å². The number of unbranched alkanes of at least 4 members (excludes halogenated alkanes) is 9. The van der Waals surface area contributed by atoms with Crippen LogP contribution in [0.3, 0.4) is 0 Å². The molecule has 11 heteroatoms. The topological polar surface area (TPSA) is 102 Å². The molecule has 0 amide bonds. The van der Waals surface area contributed by atoms with Gasteiger partial charge in [0.25, 0.3) is 0 Å². The normalized spacial score (nSPS) is 12.3. The smallest absolute Gasteiger partial charge is 0.0701 e. The minimum absolute atomic E-state index is 0.527. The summed E-state index contributed by atoms with van der Waals surface area (Å²) in [5, 5.41) is 0. The van der Waals surface area contributed by atoms with Gasteiger partial charge in [0.05, 0.1) is 132 Å². The van der Waals surface area contributed by atoms with E-state index in [1.807, 2.05) is 0 Å². The molecule has 0 saturated carbocycles. The zero-order valence-electron chi connectivity index (χ0n) is 31.4. The molecule has 11 nitrogen and oxygen atoms in total. The lowest BCUT2D eigenvalue weighted by molar-refractivity contribution is -0.0278. The maximum Gasteiger partial charge on any atom is 0.0701 e. The third kappa shape index (κ3) is 43.6. The summed E-state index contributed by atoms with van der Waals surface area (Å²) in [4.78, 5) is 0. The molecule has 0 spiro atoms. The van der Waals surface area contributed by atoms with E-state index in [0.717, 1.165) is 26.1 Å². The van der Waals surface area contributed by atoms with Crippen LogP contribution in [0.15, 0.2) is 0 Å². The Hall–Kier alpha value is -0.440. The van der Waals surface area contributed by atoms with Gasteiger partial charge in [-0.3, -0.25) is 0 Å². The standard InChI is InChI=1S/C37H76O11/c1-4-6-7-8-9-10-11-12-13-14-15-38-16-17-39-18-19-40-20-21-41-22-23-42-24-25-43-26-27-44-28-29-45-30-31-46-32-33-47-34-35-48-36-37(3)5-2/h37H,4-36H2,1-3H3. The monoisotopic (exact) mass is 697 g/mol. The van der Waals surface area contributed by atoms with Crippen LogP contribution >= 0.6 is 0 Å². The molecule has 290 valence electrons. The summed E-state index contributed by atoms with van der Waals surface area (Å²) in [6.07, 6.45) is 14.6. The average Bonchev–Trinajstić information content (AvgIpc) is 3.10. The van der Waals surface area contributed by atoms with Crippen LogP contribution in [0.1, 0.15) is 91.4 Å². The largest absolute Gasteiger partial charge is 0.379 e. The summed E-state index contributed by atoms with van der Waals surface area (Å²) in [5.41, 5.74) is 0. The molecule has 0 rings (SSSR count). The predicted octanol–water partition coefficient (Wildman–Crippen LogP) is 6.14. The first-order valence-corrected chi connectivity index (χ1v) is 19.2. The summed E-state index contributed by atoms with van der Waals surface area (Å²) in [6, 6.07) is 0. The van der Waals surface area contributed by atoms with E-state index in [0.29, 0.717) is 138 Å². The van der Waals surface area contributed by atoms with Crippen LogP contribution in [0.4, 0.5) is 0 Å². The first kappa shape index (κ1) is 47.6. The molecular weight excluding hydrogens is 620 g/mol. The van der Waals surface area contributed by atoms with Crippen LogP contribution in [0.2, 0.25) is 0 Å². The molecule has 0 saturated heterocycles. The minimum atomic E-state index is 0.527. The van der Waals surface area contributed by atoms with Crippen LogP contribution < -0.4 is 0 Å². The lowest BCUT2D eigenvalue weighted by atomic mass is 10.1. The third-order valence-electron chi connectivity index (χ3n) is 7.46. The Labute approximate surface area is 294 Å². The van der Waals surface area contributed by atoms with Crippen LogP contribution in [0.5, 0.6) is 0 Å². The molecule has 0 aliphatic heterocycles. The lowest BCUT2D eigenvalue weighted by Crippen LogP contribution is -2.15. The van der Waals surface area contributed by atoms with Gasteiger partial charge in [0.2, 0.25) is 0 Å². The van der Waals surface area contributed by atoms with Gasteiger partial charge >= 0.3 is 0 Å². The third-order valence-corrected chi connectivity index (χ3v) is 7.46. The van der Waals surface area contributed by atoms with Crippen molar-refractivity contribution >= 4 is 0 Å². The molecule has 0 aliphatic carbocycles. The van der Waals surface area contributed by atoms with Gasteiger partial charge in [0, 0.05) is 13.2 Å². The second-order valence-electron chi connectivity index (χ2n) is 11.9.